The molecular formula is C18H13N3OS2. The second kappa shape index (κ2) is 6.14. The molecule has 4 nitrogen and oxygen atoms in total. The highest BCUT2D eigenvalue weighted by molar-refractivity contribution is 7.17. The van der Waals surface area contributed by atoms with Crippen LogP contribution in [0.25, 0.3) is 21.3 Å². The van der Waals surface area contributed by atoms with Crippen LogP contribution in [-0.4, -0.2) is 15.9 Å². The van der Waals surface area contributed by atoms with E-state index >= 15 is 0 Å². The van der Waals surface area contributed by atoms with Crippen molar-refractivity contribution in [3.63, 3.8) is 0 Å². The molecule has 118 valence electrons. The van der Waals surface area contributed by atoms with Gasteiger partial charge in [0.05, 0.1) is 11.6 Å². The molecule has 0 fully saturated rings. The van der Waals surface area contributed by atoms with Crippen LogP contribution in [0.2, 0.25) is 0 Å². The van der Waals surface area contributed by atoms with Crippen molar-refractivity contribution in [2.45, 2.75) is 6.92 Å². The van der Waals surface area contributed by atoms with Gasteiger partial charge >= 0.3 is 0 Å². The molecule has 0 saturated heterocycles. The van der Waals surface area contributed by atoms with Gasteiger partial charge in [-0.25, -0.2) is 4.98 Å². The van der Waals surface area contributed by atoms with Crippen molar-refractivity contribution >= 4 is 39.1 Å². The molecule has 0 radical (unpaired) electrons. The predicted molar refractivity (Wildman–Crippen MR) is 101 cm³/mol. The molecule has 4 rings (SSSR count). The average molecular weight is 351 g/mol. The second-order valence-electron chi connectivity index (χ2n) is 5.23. The fraction of sp³-hybridized carbons (Fsp3) is 0.0556. The van der Waals surface area contributed by atoms with E-state index in [9.17, 15) is 4.79 Å². The third kappa shape index (κ3) is 2.60. The van der Waals surface area contributed by atoms with E-state index in [1.807, 2.05) is 53.2 Å². The van der Waals surface area contributed by atoms with Crippen LogP contribution >= 0.6 is 22.7 Å². The Labute approximate surface area is 146 Å². The predicted octanol–water partition coefficient (Wildman–Crippen LogP) is 4.38. The van der Waals surface area contributed by atoms with Crippen LogP contribution in [0.5, 0.6) is 0 Å². The van der Waals surface area contributed by atoms with Crippen molar-refractivity contribution in [3.05, 3.63) is 74.3 Å². The van der Waals surface area contributed by atoms with Gasteiger partial charge < -0.3 is 0 Å². The molecule has 0 aliphatic rings. The molecule has 0 bridgehead atoms. The molecule has 0 saturated carbocycles. The Morgan fingerprint density at radius 1 is 1.12 bits per heavy atom. The lowest BCUT2D eigenvalue weighted by Gasteiger charge is -2.04. The molecular weight excluding hydrogens is 338 g/mol. The van der Waals surface area contributed by atoms with Crippen molar-refractivity contribution < 1.29 is 0 Å². The first-order chi connectivity index (χ1) is 11.7. The van der Waals surface area contributed by atoms with Crippen molar-refractivity contribution in [2.75, 3.05) is 0 Å². The molecule has 0 amide bonds. The van der Waals surface area contributed by atoms with E-state index in [-0.39, 0.29) is 5.56 Å². The molecule has 0 aliphatic carbocycles. The summed E-state index contributed by atoms with van der Waals surface area (Å²) in [6.45, 7) is 1.80. The van der Waals surface area contributed by atoms with Crippen molar-refractivity contribution in [3.8, 4) is 11.1 Å². The second-order valence-corrected chi connectivity index (χ2v) is 7.07. The molecule has 0 atom stereocenters. The van der Waals surface area contributed by atoms with Gasteiger partial charge in [-0.15, -0.1) is 22.7 Å². The number of hydrogen-bond acceptors (Lipinski definition) is 5. The van der Waals surface area contributed by atoms with Gasteiger partial charge in [-0.3, -0.25) is 4.79 Å². The summed E-state index contributed by atoms with van der Waals surface area (Å²) in [6.07, 6.45) is 1.70. The lowest BCUT2D eigenvalue weighted by Crippen LogP contribution is -2.20. The van der Waals surface area contributed by atoms with Crippen LogP contribution in [-0.2, 0) is 0 Å². The minimum absolute atomic E-state index is 0.134. The molecule has 3 heterocycles. The third-order valence-electron chi connectivity index (χ3n) is 3.68. The summed E-state index contributed by atoms with van der Waals surface area (Å²) in [5.41, 5.74) is 1.79. The number of hydrogen-bond donors (Lipinski definition) is 0. The molecule has 24 heavy (non-hydrogen) atoms. The van der Waals surface area contributed by atoms with E-state index in [1.165, 1.54) is 16.0 Å². The number of fused-ring (bicyclic) bond motifs is 1. The van der Waals surface area contributed by atoms with Gasteiger partial charge in [0, 0.05) is 15.8 Å². The number of thiophene rings is 2. The molecule has 3 aromatic heterocycles. The molecule has 4 aromatic rings. The first-order valence-electron chi connectivity index (χ1n) is 7.38. The first-order valence-corrected chi connectivity index (χ1v) is 9.14. The summed E-state index contributed by atoms with van der Waals surface area (Å²) in [5, 5.41) is 8.93. The molecule has 0 N–H and O–H groups in total. The zero-order valence-corrected chi connectivity index (χ0v) is 14.5. The standard InChI is InChI=1S/C18H13N3OS2/c1-12-20-17-16(15(11-24-17)13-6-3-2-4-7-13)18(22)21(12)19-10-14-8-5-9-23-14/h2-11H,1H3. The number of benzene rings is 1. The maximum Gasteiger partial charge on any atom is 0.283 e. The van der Waals surface area contributed by atoms with E-state index < -0.39 is 0 Å². The lowest BCUT2D eigenvalue weighted by atomic mass is 10.1. The number of nitrogens with zero attached hydrogens (tertiary/aromatic N) is 3. The molecule has 0 spiro atoms. The topological polar surface area (TPSA) is 47.2 Å². The van der Waals surface area contributed by atoms with Gasteiger partial charge in [0.2, 0.25) is 0 Å². The number of rotatable bonds is 3. The fourth-order valence-corrected chi connectivity index (χ4v) is 4.09. The zero-order valence-electron chi connectivity index (χ0n) is 12.8. The normalized spacial score (nSPS) is 11.5. The van der Waals surface area contributed by atoms with Gasteiger partial charge in [-0.1, -0.05) is 36.4 Å². The minimum atomic E-state index is -0.134. The Kier molecular flexibility index (Phi) is 3.84. The largest absolute Gasteiger partial charge is 0.283 e. The van der Waals surface area contributed by atoms with E-state index in [0.29, 0.717) is 11.2 Å². The van der Waals surface area contributed by atoms with Gasteiger partial charge in [-0.2, -0.15) is 9.78 Å². The zero-order chi connectivity index (χ0) is 16.5. The van der Waals surface area contributed by atoms with Gasteiger partial charge in [0.15, 0.2) is 0 Å². The van der Waals surface area contributed by atoms with Crippen molar-refractivity contribution in [2.24, 2.45) is 5.10 Å². The smallest absolute Gasteiger partial charge is 0.267 e. The molecule has 0 aliphatic heterocycles. The summed E-state index contributed by atoms with van der Waals surface area (Å²) in [7, 11) is 0. The van der Waals surface area contributed by atoms with E-state index in [4.69, 9.17) is 0 Å². The average Bonchev–Trinajstić information content (AvgIpc) is 3.25. The highest BCUT2D eigenvalue weighted by Crippen LogP contribution is 2.30. The maximum absolute atomic E-state index is 13.0. The molecule has 1 aromatic carbocycles. The van der Waals surface area contributed by atoms with Crippen LogP contribution in [0, 0.1) is 6.92 Å². The maximum atomic E-state index is 13.0. The Balaban J connectivity index is 1.91. The summed E-state index contributed by atoms with van der Waals surface area (Å²) in [5.74, 6) is 0.585. The third-order valence-corrected chi connectivity index (χ3v) is 5.36. The SMILES string of the molecule is Cc1nc2scc(-c3ccccc3)c2c(=O)n1N=Cc1cccs1. The highest BCUT2D eigenvalue weighted by Gasteiger charge is 2.14. The van der Waals surface area contributed by atoms with Gasteiger partial charge in [-0.05, 0) is 23.9 Å². The number of aryl methyl sites for hydroxylation is 1. The minimum Gasteiger partial charge on any atom is -0.267 e. The summed E-state index contributed by atoms with van der Waals surface area (Å²) in [4.78, 5) is 19.3. The van der Waals surface area contributed by atoms with E-state index in [1.54, 1.807) is 24.5 Å². The summed E-state index contributed by atoms with van der Waals surface area (Å²) < 4.78 is 1.38. The highest BCUT2D eigenvalue weighted by atomic mass is 32.1. The Morgan fingerprint density at radius 2 is 1.96 bits per heavy atom. The van der Waals surface area contributed by atoms with Crippen LogP contribution in [0.15, 0.2) is 63.1 Å². The van der Waals surface area contributed by atoms with Crippen molar-refractivity contribution in [1.29, 1.82) is 0 Å². The Hall–Kier alpha value is -2.57. The van der Waals surface area contributed by atoms with Crippen LogP contribution in [0.4, 0.5) is 0 Å². The van der Waals surface area contributed by atoms with Gasteiger partial charge in [0.1, 0.15) is 10.7 Å². The fourth-order valence-electron chi connectivity index (χ4n) is 2.53. The quantitative estimate of drug-likeness (QED) is 0.514. The van der Waals surface area contributed by atoms with Crippen LogP contribution < -0.4 is 5.56 Å². The van der Waals surface area contributed by atoms with E-state index in [2.05, 4.69) is 10.1 Å². The molecule has 0 unspecified atom stereocenters. The monoisotopic (exact) mass is 351 g/mol. The Morgan fingerprint density at radius 3 is 2.71 bits per heavy atom. The lowest BCUT2D eigenvalue weighted by molar-refractivity contribution is 0.773. The van der Waals surface area contributed by atoms with E-state index in [0.717, 1.165) is 20.8 Å². The number of aromatic nitrogens is 2. The molecule has 6 heteroatoms. The first kappa shape index (κ1) is 15.0. The summed E-state index contributed by atoms with van der Waals surface area (Å²) in [6, 6.07) is 13.8. The van der Waals surface area contributed by atoms with Gasteiger partial charge in [0.25, 0.3) is 5.56 Å². The van der Waals surface area contributed by atoms with Crippen LogP contribution in [0.1, 0.15) is 10.7 Å². The Bertz CT molecular complexity index is 1080. The van der Waals surface area contributed by atoms with Crippen LogP contribution in [0.3, 0.4) is 0 Å². The summed E-state index contributed by atoms with van der Waals surface area (Å²) >= 11 is 3.06. The van der Waals surface area contributed by atoms with Crippen molar-refractivity contribution in [1.82, 2.24) is 9.66 Å².